The molecule has 30 heavy (non-hydrogen) atoms. The highest BCUT2D eigenvalue weighted by atomic mass is 32.1. The number of carbonyl (C=O) groups excluding carboxylic acids is 1. The van der Waals surface area contributed by atoms with Gasteiger partial charge in [-0.05, 0) is 44.0 Å². The Kier molecular flexibility index (Phi) is 5.13. The van der Waals surface area contributed by atoms with E-state index in [0.717, 1.165) is 22.3 Å². The van der Waals surface area contributed by atoms with Crippen LogP contribution in [-0.4, -0.2) is 22.4 Å². The normalized spacial score (nSPS) is 10.9. The predicted molar refractivity (Wildman–Crippen MR) is 120 cm³/mol. The maximum atomic E-state index is 13.2. The number of anilines is 1. The smallest absolute Gasteiger partial charge is 0.271 e. The molecule has 0 saturated heterocycles. The summed E-state index contributed by atoms with van der Waals surface area (Å²) in [5.74, 6) is 0.215. The van der Waals surface area contributed by atoms with Crippen LogP contribution in [-0.2, 0) is 0 Å². The number of methoxy groups -OCH3 is 1. The molecule has 0 spiro atoms. The van der Waals surface area contributed by atoms with Crippen LogP contribution in [0, 0.1) is 20.8 Å². The summed E-state index contributed by atoms with van der Waals surface area (Å²) in [7, 11) is 1.59. The fourth-order valence-electron chi connectivity index (χ4n) is 3.59. The number of ether oxygens (including phenoxy) is 1. The Balaban J connectivity index is 1.79. The molecule has 0 saturated carbocycles. The van der Waals surface area contributed by atoms with Crippen molar-refractivity contribution in [2.45, 2.75) is 20.8 Å². The van der Waals surface area contributed by atoms with E-state index in [2.05, 4.69) is 10.3 Å². The van der Waals surface area contributed by atoms with Gasteiger partial charge in [-0.2, -0.15) is 0 Å². The zero-order valence-corrected chi connectivity index (χ0v) is 18.0. The third kappa shape index (κ3) is 3.48. The Labute approximate surface area is 177 Å². The Morgan fingerprint density at radius 3 is 2.57 bits per heavy atom. The molecule has 6 nitrogen and oxygen atoms in total. The van der Waals surface area contributed by atoms with E-state index in [1.807, 2.05) is 62.5 Å². The van der Waals surface area contributed by atoms with Gasteiger partial charge in [0.05, 0.1) is 12.8 Å². The average molecular weight is 420 g/mol. The van der Waals surface area contributed by atoms with E-state index in [0.29, 0.717) is 22.1 Å². The lowest BCUT2D eigenvalue weighted by molar-refractivity contribution is 0.102. The van der Waals surface area contributed by atoms with E-state index in [-0.39, 0.29) is 5.56 Å². The molecule has 2 aromatic heterocycles. The molecule has 0 unspecified atom stereocenters. The first-order valence-electron chi connectivity index (χ1n) is 9.42. The molecule has 4 aromatic rings. The number of nitrogens with one attached hydrogen (secondary N) is 1. The van der Waals surface area contributed by atoms with Crippen LogP contribution in [0.1, 0.15) is 27.0 Å². The first kappa shape index (κ1) is 19.8. The van der Waals surface area contributed by atoms with Gasteiger partial charge in [-0.3, -0.25) is 14.0 Å². The number of hydrogen-bond acceptors (Lipinski definition) is 5. The van der Waals surface area contributed by atoms with Crippen LogP contribution in [0.15, 0.2) is 52.8 Å². The second-order valence-corrected chi connectivity index (χ2v) is 8.01. The van der Waals surface area contributed by atoms with E-state index in [1.165, 1.54) is 21.9 Å². The van der Waals surface area contributed by atoms with E-state index >= 15 is 0 Å². The molecular formula is C23H21N3O3S. The molecule has 2 aromatic carbocycles. The van der Waals surface area contributed by atoms with E-state index in [9.17, 15) is 9.59 Å². The summed E-state index contributed by atoms with van der Waals surface area (Å²) < 4.78 is 6.77. The lowest BCUT2D eigenvalue weighted by Gasteiger charge is -2.13. The van der Waals surface area contributed by atoms with Gasteiger partial charge in [0, 0.05) is 22.8 Å². The first-order chi connectivity index (χ1) is 14.4. The quantitative estimate of drug-likeness (QED) is 0.524. The second-order valence-electron chi connectivity index (χ2n) is 7.18. The number of rotatable bonds is 4. The van der Waals surface area contributed by atoms with Gasteiger partial charge < -0.3 is 10.1 Å². The van der Waals surface area contributed by atoms with Crippen molar-refractivity contribution < 1.29 is 9.53 Å². The zero-order chi connectivity index (χ0) is 21.4. The highest BCUT2D eigenvalue weighted by Gasteiger charge is 2.18. The van der Waals surface area contributed by atoms with Gasteiger partial charge in [0.1, 0.15) is 11.3 Å². The predicted octanol–water partition coefficient (Wildman–Crippen LogP) is 4.61. The zero-order valence-electron chi connectivity index (χ0n) is 17.1. The van der Waals surface area contributed by atoms with Crippen LogP contribution in [0.25, 0.3) is 16.2 Å². The molecule has 0 aliphatic rings. The number of aryl methyl sites for hydroxylation is 3. The van der Waals surface area contributed by atoms with E-state index in [1.54, 1.807) is 7.11 Å². The van der Waals surface area contributed by atoms with E-state index in [4.69, 9.17) is 4.74 Å². The lowest BCUT2D eigenvalue weighted by atomic mass is 10.0. The van der Waals surface area contributed by atoms with Gasteiger partial charge in [0.25, 0.3) is 11.5 Å². The molecule has 152 valence electrons. The number of thiazole rings is 1. The van der Waals surface area contributed by atoms with Crippen molar-refractivity contribution in [3.8, 4) is 17.0 Å². The maximum absolute atomic E-state index is 13.2. The minimum Gasteiger partial charge on any atom is -0.497 e. The number of aromatic nitrogens is 2. The first-order valence-corrected chi connectivity index (χ1v) is 10.3. The number of fused-ring (bicyclic) bond motifs is 1. The summed E-state index contributed by atoms with van der Waals surface area (Å²) in [5.41, 5.74) is 4.80. The molecule has 0 aliphatic heterocycles. The van der Waals surface area contributed by atoms with Crippen LogP contribution in [0.5, 0.6) is 5.75 Å². The number of carbonyl (C=O) groups is 1. The number of benzene rings is 2. The SMILES string of the molecule is COc1cccc(-c2csc3ncc(C(=O)Nc4c(C)cc(C)cc4C)c(=O)n23)c1. The minimum absolute atomic E-state index is 0.00517. The van der Waals surface area contributed by atoms with Crippen molar-refractivity contribution >= 4 is 27.9 Å². The minimum atomic E-state index is -0.472. The molecule has 1 N–H and O–H groups in total. The van der Waals surface area contributed by atoms with Crippen LogP contribution in [0.3, 0.4) is 0 Å². The van der Waals surface area contributed by atoms with Crippen molar-refractivity contribution in [3.63, 3.8) is 0 Å². The number of amides is 1. The molecule has 0 radical (unpaired) electrons. The van der Waals surface area contributed by atoms with Gasteiger partial charge in [0.15, 0.2) is 4.96 Å². The largest absolute Gasteiger partial charge is 0.497 e. The van der Waals surface area contributed by atoms with Crippen molar-refractivity contribution in [2.24, 2.45) is 0 Å². The van der Waals surface area contributed by atoms with Gasteiger partial charge in [-0.25, -0.2) is 4.98 Å². The Bertz CT molecular complexity index is 1310. The summed E-state index contributed by atoms with van der Waals surface area (Å²) in [4.78, 5) is 31.1. The summed E-state index contributed by atoms with van der Waals surface area (Å²) in [5, 5.41) is 4.74. The standard InChI is InChI=1S/C23H21N3O3S/c1-13-8-14(2)20(15(3)9-13)25-21(27)18-11-24-23-26(22(18)28)19(12-30-23)16-6-5-7-17(10-16)29-4/h5-12H,1-4H3,(H,25,27). The van der Waals surface area contributed by atoms with Crippen molar-refractivity contribution in [2.75, 3.05) is 12.4 Å². The molecule has 0 aliphatic carbocycles. The fourth-order valence-corrected chi connectivity index (χ4v) is 4.45. The number of nitrogens with zero attached hydrogens (tertiary/aromatic N) is 2. The van der Waals surface area contributed by atoms with Crippen molar-refractivity contribution in [3.05, 3.63) is 80.6 Å². The van der Waals surface area contributed by atoms with Gasteiger partial charge in [0.2, 0.25) is 0 Å². The second kappa shape index (κ2) is 7.76. The molecule has 1 amide bonds. The Hall–Kier alpha value is -3.45. The fraction of sp³-hybridized carbons (Fsp3) is 0.174. The topological polar surface area (TPSA) is 72.7 Å². The monoisotopic (exact) mass is 419 g/mol. The third-order valence-corrected chi connectivity index (χ3v) is 5.81. The summed E-state index contributed by atoms with van der Waals surface area (Å²) in [6.45, 7) is 5.87. The third-order valence-electron chi connectivity index (χ3n) is 4.97. The van der Waals surface area contributed by atoms with Crippen LogP contribution in [0.4, 0.5) is 5.69 Å². The molecule has 4 rings (SSSR count). The van der Waals surface area contributed by atoms with Gasteiger partial charge in [-0.1, -0.05) is 29.8 Å². The lowest BCUT2D eigenvalue weighted by Crippen LogP contribution is -2.27. The molecule has 0 bridgehead atoms. The van der Waals surface area contributed by atoms with Crippen molar-refractivity contribution in [1.29, 1.82) is 0 Å². The molecule has 7 heteroatoms. The highest BCUT2D eigenvalue weighted by Crippen LogP contribution is 2.27. The maximum Gasteiger partial charge on any atom is 0.271 e. The van der Waals surface area contributed by atoms with Gasteiger partial charge >= 0.3 is 0 Å². The van der Waals surface area contributed by atoms with Crippen molar-refractivity contribution in [1.82, 2.24) is 9.38 Å². The van der Waals surface area contributed by atoms with Crippen LogP contribution >= 0.6 is 11.3 Å². The average Bonchev–Trinajstić information content (AvgIpc) is 3.16. The molecule has 0 atom stereocenters. The van der Waals surface area contributed by atoms with Gasteiger partial charge in [-0.15, -0.1) is 11.3 Å². The Morgan fingerprint density at radius 1 is 1.13 bits per heavy atom. The summed E-state index contributed by atoms with van der Waals surface area (Å²) in [6.07, 6.45) is 1.34. The highest BCUT2D eigenvalue weighted by molar-refractivity contribution is 7.15. The van der Waals surface area contributed by atoms with Crippen LogP contribution in [0.2, 0.25) is 0 Å². The molecule has 0 fully saturated rings. The van der Waals surface area contributed by atoms with E-state index < -0.39 is 11.5 Å². The Morgan fingerprint density at radius 2 is 1.87 bits per heavy atom. The molecular weight excluding hydrogens is 398 g/mol. The molecule has 2 heterocycles. The number of hydrogen-bond donors (Lipinski definition) is 1. The summed E-state index contributed by atoms with van der Waals surface area (Å²) in [6, 6.07) is 11.4. The van der Waals surface area contributed by atoms with Crippen LogP contribution < -0.4 is 15.6 Å². The summed E-state index contributed by atoms with van der Waals surface area (Å²) >= 11 is 1.35.